The standard InChI is InChI=1S/C25H25N3O3/c1-17-8-7-15-28-24(17)27-23(19-9-5-4-6-10-19)25(28)26-22(29)14-12-18-11-13-20(30-2)21(16-18)31-3/h4-11,13,15-16H,12,14H2,1-3H3,(H,26,29). The quantitative estimate of drug-likeness (QED) is 0.466. The van der Waals surface area contributed by atoms with Crippen molar-refractivity contribution in [3.8, 4) is 22.8 Å². The van der Waals surface area contributed by atoms with E-state index >= 15 is 0 Å². The number of benzene rings is 2. The van der Waals surface area contributed by atoms with Crippen molar-refractivity contribution >= 4 is 17.4 Å². The topological polar surface area (TPSA) is 64.9 Å². The van der Waals surface area contributed by atoms with Gasteiger partial charge in [-0.05, 0) is 42.7 Å². The zero-order valence-electron chi connectivity index (χ0n) is 17.9. The Morgan fingerprint density at radius 3 is 2.52 bits per heavy atom. The highest BCUT2D eigenvalue weighted by Gasteiger charge is 2.17. The van der Waals surface area contributed by atoms with E-state index < -0.39 is 0 Å². The Kier molecular flexibility index (Phi) is 5.89. The molecular weight excluding hydrogens is 390 g/mol. The maximum atomic E-state index is 12.9. The van der Waals surface area contributed by atoms with Gasteiger partial charge in [0.05, 0.1) is 14.2 Å². The monoisotopic (exact) mass is 415 g/mol. The van der Waals surface area contributed by atoms with Crippen LogP contribution in [-0.4, -0.2) is 29.5 Å². The number of nitrogens with one attached hydrogen (secondary N) is 1. The number of carbonyl (C=O) groups is 1. The van der Waals surface area contributed by atoms with Crippen molar-refractivity contribution in [3.05, 3.63) is 78.0 Å². The van der Waals surface area contributed by atoms with E-state index in [1.165, 1.54) is 0 Å². The molecule has 1 amide bonds. The predicted molar refractivity (Wildman–Crippen MR) is 122 cm³/mol. The van der Waals surface area contributed by atoms with Crippen molar-refractivity contribution in [2.75, 3.05) is 19.5 Å². The molecule has 0 fully saturated rings. The number of aromatic nitrogens is 2. The van der Waals surface area contributed by atoms with Crippen LogP contribution in [0.4, 0.5) is 5.82 Å². The first kappa shape index (κ1) is 20.5. The molecule has 2 aromatic carbocycles. The maximum Gasteiger partial charge on any atom is 0.225 e. The fourth-order valence-corrected chi connectivity index (χ4v) is 3.61. The highest BCUT2D eigenvalue weighted by atomic mass is 16.5. The van der Waals surface area contributed by atoms with Crippen molar-refractivity contribution in [1.29, 1.82) is 0 Å². The van der Waals surface area contributed by atoms with Crippen LogP contribution in [0.15, 0.2) is 66.9 Å². The van der Waals surface area contributed by atoms with E-state index in [1.54, 1.807) is 14.2 Å². The number of anilines is 1. The molecule has 6 nitrogen and oxygen atoms in total. The zero-order chi connectivity index (χ0) is 21.8. The van der Waals surface area contributed by atoms with Crippen molar-refractivity contribution in [1.82, 2.24) is 9.38 Å². The third-order valence-electron chi connectivity index (χ3n) is 5.24. The summed E-state index contributed by atoms with van der Waals surface area (Å²) in [4.78, 5) is 17.7. The second-order valence-electron chi connectivity index (χ2n) is 7.30. The van der Waals surface area contributed by atoms with Gasteiger partial charge in [0, 0.05) is 18.2 Å². The van der Waals surface area contributed by atoms with E-state index in [2.05, 4.69) is 5.32 Å². The minimum atomic E-state index is -0.0738. The normalized spacial score (nSPS) is 10.8. The number of aryl methyl sites for hydroxylation is 2. The summed E-state index contributed by atoms with van der Waals surface area (Å²) in [6.07, 6.45) is 2.84. The van der Waals surface area contributed by atoms with Crippen LogP contribution in [-0.2, 0) is 11.2 Å². The number of amides is 1. The molecule has 2 aromatic heterocycles. The SMILES string of the molecule is COc1ccc(CCC(=O)Nc2c(-c3ccccc3)nc3c(C)cccn23)cc1OC. The Labute approximate surface area is 181 Å². The molecule has 0 atom stereocenters. The van der Waals surface area contributed by atoms with Gasteiger partial charge >= 0.3 is 0 Å². The molecule has 4 aromatic rings. The minimum absolute atomic E-state index is 0.0738. The first-order chi connectivity index (χ1) is 15.1. The fourth-order valence-electron chi connectivity index (χ4n) is 3.61. The van der Waals surface area contributed by atoms with Crippen molar-refractivity contribution < 1.29 is 14.3 Å². The van der Waals surface area contributed by atoms with Crippen LogP contribution >= 0.6 is 0 Å². The molecule has 0 saturated heterocycles. The summed E-state index contributed by atoms with van der Waals surface area (Å²) in [5, 5.41) is 3.09. The number of hydrogen-bond acceptors (Lipinski definition) is 4. The number of hydrogen-bond donors (Lipinski definition) is 1. The molecule has 31 heavy (non-hydrogen) atoms. The smallest absolute Gasteiger partial charge is 0.225 e. The largest absolute Gasteiger partial charge is 0.493 e. The van der Waals surface area contributed by atoms with Gasteiger partial charge in [0.1, 0.15) is 17.2 Å². The van der Waals surface area contributed by atoms with Gasteiger partial charge in [0.15, 0.2) is 11.5 Å². The van der Waals surface area contributed by atoms with Crippen molar-refractivity contribution in [2.24, 2.45) is 0 Å². The zero-order valence-corrected chi connectivity index (χ0v) is 17.9. The molecule has 0 bridgehead atoms. The van der Waals surface area contributed by atoms with E-state index in [-0.39, 0.29) is 5.91 Å². The Bertz CT molecular complexity index is 1220. The summed E-state index contributed by atoms with van der Waals surface area (Å²) in [5.74, 6) is 1.94. The summed E-state index contributed by atoms with van der Waals surface area (Å²) in [6.45, 7) is 2.01. The maximum absolute atomic E-state index is 12.9. The van der Waals surface area contributed by atoms with Crippen LogP contribution in [0.3, 0.4) is 0 Å². The van der Waals surface area contributed by atoms with Gasteiger partial charge in [-0.25, -0.2) is 4.98 Å². The average Bonchev–Trinajstić information content (AvgIpc) is 3.17. The minimum Gasteiger partial charge on any atom is -0.493 e. The number of carbonyl (C=O) groups excluding carboxylic acids is 1. The van der Waals surface area contributed by atoms with Crippen LogP contribution in [0.5, 0.6) is 11.5 Å². The highest BCUT2D eigenvalue weighted by molar-refractivity contribution is 5.94. The predicted octanol–water partition coefficient (Wildman–Crippen LogP) is 4.90. The van der Waals surface area contributed by atoms with Crippen LogP contribution in [0, 0.1) is 6.92 Å². The Hall–Kier alpha value is -3.80. The van der Waals surface area contributed by atoms with Gasteiger partial charge in [-0.3, -0.25) is 9.20 Å². The Morgan fingerprint density at radius 1 is 1.00 bits per heavy atom. The number of pyridine rings is 1. The summed E-state index contributed by atoms with van der Waals surface area (Å²) in [7, 11) is 3.21. The molecule has 158 valence electrons. The third kappa shape index (κ3) is 4.23. The lowest BCUT2D eigenvalue weighted by Gasteiger charge is -2.10. The van der Waals surface area contributed by atoms with Gasteiger partial charge in [0.2, 0.25) is 5.91 Å². The van der Waals surface area contributed by atoms with Crippen molar-refractivity contribution in [2.45, 2.75) is 19.8 Å². The van der Waals surface area contributed by atoms with E-state index in [0.717, 1.165) is 28.0 Å². The number of rotatable bonds is 7. The molecule has 0 spiro atoms. The summed E-state index contributed by atoms with van der Waals surface area (Å²) in [5.41, 5.74) is 4.60. The Balaban J connectivity index is 1.58. The molecule has 2 heterocycles. The van der Waals surface area contributed by atoms with Crippen molar-refractivity contribution in [3.63, 3.8) is 0 Å². The summed E-state index contributed by atoms with van der Waals surface area (Å²) >= 11 is 0. The lowest BCUT2D eigenvalue weighted by atomic mass is 10.1. The second kappa shape index (κ2) is 8.92. The van der Waals surface area contributed by atoms with Gasteiger partial charge < -0.3 is 14.8 Å². The summed E-state index contributed by atoms with van der Waals surface area (Å²) in [6, 6.07) is 19.6. The van der Waals surface area contributed by atoms with Gasteiger partial charge in [-0.1, -0.05) is 42.5 Å². The molecule has 0 aliphatic rings. The first-order valence-electron chi connectivity index (χ1n) is 10.1. The highest BCUT2D eigenvalue weighted by Crippen LogP contribution is 2.30. The number of fused-ring (bicyclic) bond motifs is 1. The molecule has 0 aliphatic heterocycles. The molecule has 0 radical (unpaired) electrons. The number of methoxy groups -OCH3 is 2. The first-order valence-corrected chi connectivity index (χ1v) is 10.1. The van der Waals surface area contributed by atoms with E-state index in [9.17, 15) is 4.79 Å². The van der Waals surface area contributed by atoms with Crippen LogP contribution in [0.1, 0.15) is 17.5 Å². The molecule has 0 aliphatic carbocycles. The Morgan fingerprint density at radius 2 is 1.77 bits per heavy atom. The van der Waals surface area contributed by atoms with Crippen LogP contribution in [0.2, 0.25) is 0 Å². The molecule has 1 N–H and O–H groups in total. The van der Waals surface area contributed by atoms with Gasteiger partial charge in [-0.2, -0.15) is 0 Å². The van der Waals surface area contributed by atoms with Gasteiger partial charge in [0.25, 0.3) is 0 Å². The molecule has 0 unspecified atom stereocenters. The number of imidazole rings is 1. The van der Waals surface area contributed by atoms with Crippen LogP contribution in [0.25, 0.3) is 16.9 Å². The molecular formula is C25H25N3O3. The lowest BCUT2D eigenvalue weighted by molar-refractivity contribution is -0.116. The van der Waals surface area contributed by atoms with E-state index in [0.29, 0.717) is 30.2 Å². The molecule has 6 heteroatoms. The number of nitrogens with zero attached hydrogens (tertiary/aromatic N) is 2. The fraction of sp³-hybridized carbons (Fsp3) is 0.200. The van der Waals surface area contributed by atoms with Gasteiger partial charge in [-0.15, -0.1) is 0 Å². The average molecular weight is 415 g/mol. The van der Waals surface area contributed by atoms with Crippen LogP contribution < -0.4 is 14.8 Å². The molecule has 0 saturated carbocycles. The summed E-state index contributed by atoms with van der Waals surface area (Å²) < 4.78 is 12.6. The lowest BCUT2D eigenvalue weighted by Crippen LogP contribution is -2.14. The van der Waals surface area contributed by atoms with E-state index in [4.69, 9.17) is 14.5 Å². The number of ether oxygens (including phenoxy) is 2. The third-order valence-corrected chi connectivity index (χ3v) is 5.24. The second-order valence-corrected chi connectivity index (χ2v) is 7.30. The molecule has 4 rings (SSSR count). The van der Waals surface area contributed by atoms with E-state index in [1.807, 2.05) is 78.2 Å².